The lowest BCUT2D eigenvalue weighted by molar-refractivity contribution is 0.201. The standard InChI is InChI=1S/C19H19N5S/c1-2-6-16-15(5-1)20-18(25-16)13-23-11-8-14(9-12-23)19-22-21-17-7-3-4-10-24(17)19/h1-7,10,14H,8-9,11-13H2. The summed E-state index contributed by atoms with van der Waals surface area (Å²) in [4.78, 5) is 7.28. The number of fused-ring (bicyclic) bond motifs is 2. The fourth-order valence-electron chi connectivity index (χ4n) is 3.67. The minimum Gasteiger partial charge on any atom is -0.297 e. The molecule has 0 amide bonds. The van der Waals surface area contributed by atoms with Crippen LogP contribution in [0, 0.1) is 0 Å². The fourth-order valence-corrected chi connectivity index (χ4v) is 4.68. The highest BCUT2D eigenvalue weighted by atomic mass is 32.1. The lowest BCUT2D eigenvalue weighted by atomic mass is 9.96. The molecule has 4 aromatic rings. The van der Waals surface area contributed by atoms with E-state index < -0.39 is 0 Å². The Morgan fingerprint density at radius 1 is 1.00 bits per heavy atom. The number of benzene rings is 1. The van der Waals surface area contributed by atoms with Gasteiger partial charge in [-0.1, -0.05) is 18.2 Å². The molecular weight excluding hydrogens is 330 g/mol. The number of nitrogens with zero attached hydrogens (tertiary/aromatic N) is 5. The van der Waals surface area contributed by atoms with Crippen molar-refractivity contribution in [2.24, 2.45) is 0 Å². The van der Waals surface area contributed by atoms with Gasteiger partial charge in [0, 0.05) is 12.1 Å². The number of piperidine rings is 1. The number of aromatic nitrogens is 4. The monoisotopic (exact) mass is 349 g/mol. The largest absolute Gasteiger partial charge is 0.297 e. The topological polar surface area (TPSA) is 46.3 Å². The second kappa shape index (κ2) is 6.20. The van der Waals surface area contributed by atoms with E-state index in [1.807, 2.05) is 29.5 Å². The lowest BCUT2D eigenvalue weighted by Gasteiger charge is -2.30. The van der Waals surface area contributed by atoms with Gasteiger partial charge in [-0.25, -0.2) is 4.98 Å². The van der Waals surface area contributed by atoms with Crippen molar-refractivity contribution in [2.45, 2.75) is 25.3 Å². The van der Waals surface area contributed by atoms with Gasteiger partial charge >= 0.3 is 0 Å². The van der Waals surface area contributed by atoms with Crippen LogP contribution in [0.3, 0.4) is 0 Å². The van der Waals surface area contributed by atoms with Crippen LogP contribution in [0.2, 0.25) is 0 Å². The first-order valence-corrected chi connectivity index (χ1v) is 9.55. The van der Waals surface area contributed by atoms with Crippen LogP contribution in [-0.4, -0.2) is 37.6 Å². The van der Waals surface area contributed by atoms with E-state index in [2.05, 4.69) is 50.0 Å². The van der Waals surface area contributed by atoms with Gasteiger partial charge < -0.3 is 0 Å². The number of hydrogen-bond acceptors (Lipinski definition) is 5. The van der Waals surface area contributed by atoms with Crippen LogP contribution < -0.4 is 0 Å². The van der Waals surface area contributed by atoms with Gasteiger partial charge in [0.2, 0.25) is 0 Å². The maximum Gasteiger partial charge on any atom is 0.160 e. The van der Waals surface area contributed by atoms with Crippen LogP contribution in [-0.2, 0) is 6.54 Å². The minimum absolute atomic E-state index is 0.490. The van der Waals surface area contributed by atoms with Crippen molar-refractivity contribution >= 4 is 27.2 Å². The van der Waals surface area contributed by atoms with E-state index >= 15 is 0 Å². The molecule has 3 aromatic heterocycles. The summed E-state index contributed by atoms with van der Waals surface area (Å²) < 4.78 is 3.41. The van der Waals surface area contributed by atoms with Crippen molar-refractivity contribution in [1.82, 2.24) is 24.5 Å². The van der Waals surface area contributed by atoms with E-state index in [1.54, 1.807) is 0 Å². The van der Waals surface area contributed by atoms with E-state index in [-0.39, 0.29) is 0 Å². The van der Waals surface area contributed by atoms with Gasteiger partial charge in [0.1, 0.15) is 10.8 Å². The van der Waals surface area contributed by atoms with E-state index in [0.29, 0.717) is 5.92 Å². The third kappa shape index (κ3) is 2.81. The average Bonchev–Trinajstić information content (AvgIpc) is 3.26. The van der Waals surface area contributed by atoms with Crippen molar-refractivity contribution in [2.75, 3.05) is 13.1 Å². The molecule has 1 aliphatic heterocycles. The molecule has 0 spiro atoms. The molecule has 25 heavy (non-hydrogen) atoms. The second-order valence-electron chi connectivity index (χ2n) is 6.61. The quantitative estimate of drug-likeness (QED) is 0.565. The molecule has 1 saturated heterocycles. The number of pyridine rings is 1. The van der Waals surface area contributed by atoms with Gasteiger partial charge in [0.05, 0.1) is 16.8 Å². The molecule has 0 N–H and O–H groups in total. The summed E-state index contributed by atoms with van der Waals surface area (Å²) in [6.07, 6.45) is 4.32. The Morgan fingerprint density at radius 2 is 1.84 bits per heavy atom. The Kier molecular flexibility index (Phi) is 3.72. The third-order valence-electron chi connectivity index (χ3n) is 4.99. The van der Waals surface area contributed by atoms with E-state index in [1.165, 1.54) is 9.71 Å². The molecule has 6 heteroatoms. The van der Waals surface area contributed by atoms with E-state index in [0.717, 1.165) is 49.5 Å². The van der Waals surface area contributed by atoms with E-state index in [4.69, 9.17) is 4.98 Å². The Balaban J connectivity index is 1.28. The fraction of sp³-hybridized carbons (Fsp3) is 0.316. The zero-order valence-corrected chi connectivity index (χ0v) is 14.7. The first kappa shape index (κ1) is 15.0. The zero-order chi connectivity index (χ0) is 16.6. The van der Waals surface area contributed by atoms with Gasteiger partial charge in [-0.2, -0.15) is 0 Å². The lowest BCUT2D eigenvalue weighted by Crippen LogP contribution is -2.33. The molecule has 1 fully saturated rings. The number of rotatable bonds is 3. The van der Waals surface area contributed by atoms with Crippen LogP contribution in [0.1, 0.15) is 29.6 Å². The van der Waals surface area contributed by atoms with Crippen molar-refractivity contribution in [3.63, 3.8) is 0 Å². The average molecular weight is 349 g/mol. The summed E-state index contributed by atoms with van der Waals surface area (Å²) in [6.45, 7) is 3.12. The first-order valence-electron chi connectivity index (χ1n) is 8.73. The summed E-state index contributed by atoms with van der Waals surface area (Å²) >= 11 is 1.81. The Morgan fingerprint density at radius 3 is 2.72 bits per heavy atom. The van der Waals surface area contributed by atoms with Crippen molar-refractivity contribution in [3.05, 3.63) is 59.5 Å². The highest BCUT2D eigenvalue weighted by molar-refractivity contribution is 7.18. The molecule has 1 aliphatic rings. The molecule has 4 heterocycles. The molecule has 5 nitrogen and oxygen atoms in total. The van der Waals surface area contributed by atoms with Gasteiger partial charge in [-0.05, 0) is 50.2 Å². The van der Waals surface area contributed by atoms with Crippen molar-refractivity contribution in [1.29, 1.82) is 0 Å². The smallest absolute Gasteiger partial charge is 0.160 e. The predicted octanol–water partition coefficient (Wildman–Crippen LogP) is 3.72. The van der Waals surface area contributed by atoms with E-state index in [9.17, 15) is 0 Å². The molecule has 0 saturated carbocycles. The summed E-state index contributed by atoms with van der Waals surface area (Å²) in [6, 6.07) is 14.4. The Hall–Kier alpha value is -2.31. The van der Waals surface area contributed by atoms with Gasteiger partial charge in [0.15, 0.2) is 5.65 Å². The molecule has 0 radical (unpaired) electrons. The molecule has 0 atom stereocenters. The van der Waals surface area contributed by atoms with Crippen LogP contribution in [0.15, 0.2) is 48.7 Å². The highest BCUT2D eigenvalue weighted by Crippen LogP contribution is 2.29. The molecular formula is C19H19N5S. The second-order valence-corrected chi connectivity index (χ2v) is 7.73. The summed E-state index contributed by atoms with van der Waals surface area (Å²) in [5.74, 6) is 1.60. The number of hydrogen-bond donors (Lipinski definition) is 0. The van der Waals surface area contributed by atoms with Crippen molar-refractivity contribution < 1.29 is 0 Å². The number of likely N-dealkylation sites (tertiary alicyclic amines) is 1. The molecule has 5 rings (SSSR count). The minimum atomic E-state index is 0.490. The molecule has 0 aliphatic carbocycles. The first-order chi connectivity index (χ1) is 12.4. The molecule has 126 valence electrons. The van der Waals surface area contributed by atoms with Crippen LogP contribution in [0.25, 0.3) is 15.9 Å². The summed E-state index contributed by atoms with van der Waals surface area (Å²) in [5, 5.41) is 9.95. The summed E-state index contributed by atoms with van der Waals surface area (Å²) in [5.41, 5.74) is 2.06. The maximum absolute atomic E-state index is 4.77. The van der Waals surface area contributed by atoms with Crippen LogP contribution in [0.5, 0.6) is 0 Å². The Labute approximate surface area is 149 Å². The predicted molar refractivity (Wildman–Crippen MR) is 99.9 cm³/mol. The summed E-state index contributed by atoms with van der Waals surface area (Å²) in [7, 11) is 0. The van der Waals surface area contributed by atoms with Gasteiger partial charge in [0.25, 0.3) is 0 Å². The normalized spacial score (nSPS) is 16.8. The maximum atomic E-state index is 4.77. The van der Waals surface area contributed by atoms with Gasteiger partial charge in [-0.3, -0.25) is 9.30 Å². The molecule has 0 bridgehead atoms. The van der Waals surface area contributed by atoms with Gasteiger partial charge in [-0.15, -0.1) is 21.5 Å². The number of para-hydroxylation sites is 1. The molecule has 1 aromatic carbocycles. The van der Waals surface area contributed by atoms with Crippen LogP contribution >= 0.6 is 11.3 Å². The van der Waals surface area contributed by atoms with Crippen molar-refractivity contribution in [3.8, 4) is 0 Å². The zero-order valence-electron chi connectivity index (χ0n) is 13.9. The SMILES string of the molecule is c1ccc2sc(CN3CCC(c4nnc5ccccn45)CC3)nc2c1. The highest BCUT2D eigenvalue weighted by Gasteiger charge is 2.24. The number of thiazole rings is 1. The Bertz CT molecular complexity index is 980. The van der Waals surface area contributed by atoms with Crippen LogP contribution in [0.4, 0.5) is 0 Å². The third-order valence-corrected chi connectivity index (χ3v) is 6.01. The molecule has 0 unspecified atom stereocenters.